The van der Waals surface area contributed by atoms with E-state index in [1.54, 1.807) is 6.92 Å². The van der Waals surface area contributed by atoms with E-state index in [9.17, 15) is 71.2 Å². The van der Waals surface area contributed by atoms with E-state index in [1.165, 1.54) is 0 Å². The van der Waals surface area contributed by atoms with Crippen molar-refractivity contribution in [3.63, 3.8) is 0 Å². The maximum absolute atomic E-state index is 11.9. The molecule has 61 heavy (non-hydrogen) atoms. The van der Waals surface area contributed by atoms with Crippen LogP contribution in [0.15, 0.2) is 0 Å². The summed E-state index contributed by atoms with van der Waals surface area (Å²) in [5.74, 6) is -0.0336. The summed E-state index contributed by atoms with van der Waals surface area (Å²) in [6, 6.07) is 0. The lowest BCUT2D eigenvalue weighted by Crippen LogP contribution is -2.65. The number of carbonyl (C=O) groups excluding carboxylic acids is 1. The summed E-state index contributed by atoms with van der Waals surface area (Å²) in [5.41, 5.74) is 0. The number of nitrogens with zero attached hydrogens (tertiary/aromatic N) is 1. The normalized spacial score (nSPS) is 42.2. The molecule has 1 amide bonds. The highest BCUT2D eigenvalue weighted by atomic mass is 16.7. The fourth-order valence-corrected chi connectivity index (χ4v) is 7.84. The first-order valence-corrected chi connectivity index (χ1v) is 21.2. The Kier molecular flexibility index (Phi) is 21.7. The highest BCUT2D eigenvalue weighted by molar-refractivity contribution is 5.75. The second-order valence-electron chi connectivity index (χ2n) is 16.2. The summed E-state index contributed by atoms with van der Waals surface area (Å²) in [6.07, 6.45) is -25.9. The van der Waals surface area contributed by atoms with Gasteiger partial charge in [-0.3, -0.25) is 4.79 Å². The van der Waals surface area contributed by atoms with Gasteiger partial charge in [0.2, 0.25) is 5.91 Å². The van der Waals surface area contributed by atoms with Crippen LogP contribution in [-0.2, 0) is 38.0 Å². The first-order chi connectivity index (χ1) is 29.0. The zero-order valence-electron chi connectivity index (χ0n) is 34.7. The first-order valence-electron chi connectivity index (χ1n) is 21.2. The zero-order chi connectivity index (χ0) is 45.0. The van der Waals surface area contributed by atoms with Crippen LogP contribution in [0.1, 0.15) is 58.8 Å². The Hall–Kier alpha value is -1.37. The highest BCUT2D eigenvalue weighted by Gasteiger charge is 2.52. The molecule has 23 heteroatoms. The molecule has 0 aromatic heterocycles. The summed E-state index contributed by atoms with van der Waals surface area (Å²) in [4.78, 5) is 14.0. The van der Waals surface area contributed by atoms with Gasteiger partial charge in [-0.15, -0.1) is 0 Å². The Labute approximate surface area is 354 Å². The fourth-order valence-electron chi connectivity index (χ4n) is 7.84. The first kappa shape index (κ1) is 52.3. The minimum absolute atomic E-state index is 0.0336. The Balaban J connectivity index is 1.42. The minimum atomic E-state index is -1.90. The number of nitrogens with one attached hydrogen (secondary N) is 1. The van der Waals surface area contributed by atoms with Crippen molar-refractivity contribution in [3.8, 4) is 0 Å². The second-order valence-corrected chi connectivity index (χ2v) is 16.2. The van der Waals surface area contributed by atoms with Gasteiger partial charge >= 0.3 is 0 Å². The average molecular weight is 891 g/mol. The molecule has 0 aliphatic carbocycles. The van der Waals surface area contributed by atoms with E-state index in [-0.39, 0.29) is 12.5 Å². The lowest BCUT2D eigenvalue weighted by atomic mass is 9.93. The van der Waals surface area contributed by atoms with Gasteiger partial charge in [-0.2, -0.15) is 0 Å². The van der Waals surface area contributed by atoms with Crippen molar-refractivity contribution in [1.29, 1.82) is 0 Å². The fraction of sp³-hybridized carbons (Fsp3) is 0.974. The van der Waals surface area contributed by atoms with Gasteiger partial charge in [0.15, 0.2) is 18.9 Å². The maximum Gasteiger partial charge on any atom is 0.219 e. The lowest BCUT2D eigenvalue weighted by Gasteiger charge is -2.46. The smallest absolute Gasteiger partial charge is 0.219 e. The van der Waals surface area contributed by atoms with Gasteiger partial charge in [-0.25, -0.2) is 0 Å². The molecule has 0 aromatic carbocycles. The molecule has 358 valence electrons. The number of unbranched alkanes of at least 4 members (excludes halogenated alkanes) is 3. The van der Waals surface area contributed by atoms with Crippen LogP contribution in [0.3, 0.4) is 0 Å². The zero-order valence-corrected chi connectivity index (χ0v) is 34.7. The molecule has 4 rings (SSSR count). The third kappa shape index (κ3) is 14.1. The number of hydrogen-bond donors (Lipinski definition) is 14. The molecule has 0 bridgehead atoms. The average Bonchev–Trinajstić information content (AvgIpc) is 3.24. The molecular weight excluding hydrogens is 820 g/mol. The number of ether oxygens (including phenoxy) is 7. The number of rotatable bonds is 23. The summed E-state index contributed by atoms with van der Waals surface area (Å²) >= 11 is 0. The molecule has 23 nitrogen and oxygen atoms in total. The number of amides is 1. The molecule has 0 saturated carbocycles. The van der Waals surface area contributed by atoms with Gasteiger partial charge in [0.25, 0.3) is 0 Å². The van der Waals surface area contributed by atoms with Gasteiger partial charge in [0, 0.05) is 19.5 Å². The molecule has 20 atom stereocenters. The van der Waals surface area contributed by atoms with Gasteiger partial charge in [-0.05, 0) is 59.0 Å². The van der Waals surface area contributed by atoms with Gasteiger partial charge < -0.3 is 110 Å². The summed E-state index contributed by atoms with van der Waals surface area (Å²) < 4.78 is 39.9. The molecule has 1 unspecified atom stereocenters. The van der Waals surface area contributed by atoms with Gasteiger partial charge in [-0.1, -0.05) is 6.42 Å². The number of aliphatic hydroxyl groups excluding tert-OH is 13. The number of hydrogen-bond acceptors (Lipinski definition) is 22. The minimum Gasteiger partial charge on any atom is -0.394 e. The third-order valence-corrected chi connectivity index (χ3v) is 11.7. The van der Waals surface area contributed by atoms with Crippen LogP contribution in [0, 0.1) is 0 Å². The summed E-state index contributed by atoms with van der Waals surface area (Å²) in [5, 5.41) is 138. The van der Waals surface area contributed by atoms with Crippen molar-refractivity contribution < 1.29 is 104 Å². The molecule has 0 aromatic rings. The molecule has 0 radical (unpaired) electrons. The van der Waals surface area contributed by atoms with E-state index in [1.807, 2.05) is 6.92 Å². The molecule has 4 fully saturated rings. The van der Waals surface area contributed by atoms with Crippen LogP contribution in [-0.4, -0.2) is 252 Å². The molecule has 4 heterocycles. The van der Waals surface area contributed by atoms with Crippen LogP contribution in [0.4, 0.5) is 0 Å². The van der Waals surface area contributed by atoms with E-state index in [0.29, 0.717) is 58.3 Å². The molecule has 0 spiro atoms. The number of aliphatic hydroxyl groups is 13. The van der Waals surface area contributed by atoms with Gasteiger partial charge in [0.1, 0.15) is 91.6 Å². The maximum atomic E-state index is 11.9. The van der Waals surface area contributed by atoms with Crippen molar-refractivity contribution in [1.82, 2.24) is 10.2 Å². The van der Waals surface area contributed by atoms with E-state index in [0.717, 1.165) is 12.8 Å². The predicted molar refractivity (Wildman–Crippen MR) is 205 cm³/mol. The van der Waals surface area contributed by atoms with E-state index in [4.69, 9.17) is 33.2 Å². The van der Waals surface area contributed by atoms with Crippen molar-refractivity contribution in [2.75, 3.05) is 52.6 Å². The van der Waals surface area contributed by atoms with Crippen LogP contribution in [0.2, 0.25) is 0 Å². The van der Waals surface area contributed by atoms with Crippen LogP contribution in [0.5, 0.6) is 0 Å². The monoisotopic (exact) mass is 890 g/mol. The third-order valence-electron chi connectivity index (χ3n) is 11.7. The van der Waals surface area contributed by atoms with Crippen molar-refractivity contribution in [2.45, 2.75) is 181 Å². The Morgan fingerprint density at radius 2 is 1.10 bits per heavy atom. The molecule has 14 N–H and O–H groups in total. The molecule has 4 aliphatic heterocycles. The number of carbonyl (C=O) groups is 1. The molecule has 4 aliphatic rings. The highest BCUT2D eigenvalue weighted by Crippen LogP contribution is 2.31. The Morgan fingerprint density at radius 1 is 0.557 bits per heavy atom. The van der Waals surface area contributed by atoms with Crippen LogP contribution in [0.25, 0.3) is 0 Å². The predicted octanol–water partition coefficient (Wildman–Crippen LogP) is -6.51. The van der Waals surface area contributed by atoms with Crippen LogP contribution >= 0.6 is 0 Å². The lowest BCUT2D eigenvalue weighted by molar-refractivity contribution is -0.366. The van der Waals surface area contributed by atoms with Crippen LogP contribution < -0.4 is 5.32 Å². The summed E-state index contributed by atoms with van der Waals surface area (Å²) in [6.45, 7) is 3.26. The van der Waals surface area contributed by atoms with E-state index < -0.39 is 142 Å². The quantitative estimate of drug-likeness (QED) is 0.0424. The van der Waals surface area contributed by atoms with Crippen molar-refractivity contribution in [3.05, 3.63) is 0 Å². The van der Waals surface area contributed by atoms with E-state index in [2.05, 4.69) is 10.2 Å². The largest absolute Gasteiger partial charge is 0.394 e. The van der Waals surface area contributed by atoms with Crippen molar-refractivity contribution in [2.24, 2.45) is 0 Å². The van der Waals surface area contributed by atoms with E-state index >= 15 is 0 Å². The standard InChI is InChI=1S/C38H70N2O21/c1-3-39-23(43)10-5-4-7-11-40(12-8-6-9-19-25(45)29(49)24(44)18(2)57-19)13-14-55-37-34(54)35(61-38-33(53)31(51)27(47)21(16-42)59-38)28(48)22(60-37)17-56-36-32(52)30(50)26(46)20(15-41)58-36/h18-22,24-38,41-42,44-54H,3-17H2,1-2H3,(H,39,43)/t18-,19-,20+,21+,22+,24+,25+,26+,27+,28?,29+,30-,31-,32-,33-,34-,35-,36-,37-,38+/m0/s1. The SMILES string of the molecule is CCNC(=O)CCCCCN(CCCC[C@@H]1O[C@@H](C)[C@@H](O)[C@@H](O)[C@@H]1O)CCO[C@H]1O[C@H](CO[C@H]2O[C@H](CO)[C@@H](O)[C@H](O)[C@@H]2O)C(O)[C@H](O[C@H]2O[C@H](CO)[C@@H](O)[C@H](O)[C@@H]2O)[C@@H]1O. The molecular formula is C38H70N2O21. The summed E-state index contributed by atoms with van der Waals surface area (Å²) in [7, 11) is 0. The topological polar surface area (TPSA) is 360 Å². The second kappa shape index (κ2) is 25.4. The van der Waals surface area contributed by atoms with Gasteiger partial charge in [0.05, 0.1) is 38.6 Å². The Morgan fingerprint density at radius 3 is 1.72 bits per heavy atom. The van der Waals surface area contributed by atoms with Crippen molar-refractivity contribution >= 4 is 5.91 Å². The molecule has 4 saturated heterocycles. The Bertz CT molecular complexity index is 1260.